The number of ether oxygens (including phenoxy) is 1. The molecule has 0 radical (unpaired) electrons. The maximum atomic E-state index is 10.9. The Balaban J connectivity index is 2.88. The van der Waals surface area contributed by atoms with Gasteiger partial charge in [-0.15, -0.1) is 5.10 Å². The van der Waals surface area contributed by atoms with Gasteiger partial charge in [-0.05, 0) is 5.92 Å². The Morgan fingerprint density at radius 2 is 2.24 bits per heavy atom. The predicted octanol–water partition coefficient (Wildman–Crippen LogP) is 0.151. The van der Waals surface area contributed by atoms with E-state index in [9.17, 15) is 4.79 Å². The number of hydrogen-bond acceptors (Lipinski definition) is 4. The molecule has 0 spiro atoms. The van der Waals surface area contributed by atoms with Crippen LogP contribution in [0.1, 0.15) is 25.2 Å². The zero-order valence-electron chi connectivity index (χ0n) is 10.6. The summed E-state index contributed by atoms with van der Waals surface area (Å²) < 4.78 is 6.89. The van der Waals surface area contributed by atoms with Crippen LogP contribution in [0.5, 0.6) is 0 Å². The highest BCUT2D eigenvalue weighted by Gasteiger charge is 2.15. The monoisotopic (exact) mass is 240 g/mol. The highest BCUT2D eigenvalue weighted by Crippen LogP contribution is 2.10. The first-order chi connectivity index (χ1) is 8.04. The van der Waals surface area contributed by atoms with E-state index in [0.717, 1.165) is 12.2 Å². The summed E-state index contributed by atoms with van der Waals surface area (Å²) in [6.07, 6.45) is 0.829. The molecule has 6 heteroatoms. The molecule has 6 nitrogen and oxygen atoms in total. The minimum Gasteiger partial charge on any atom is -0.384 e. The van der Waals surface area contributed by atoms with Crippen LogP contribution in [0.4, 0.5) is 0 Å². The van der Waals surface area contributed by atoms with E-state index >= 15 is 0 Å². The van der Waals surface area contributed by atoms with Crippen LogP contribution < -0.4 is 5.73 Å². The zero-order valence-corrected chi connectivity index (χ0v) is 10.6. The van der Waals surface area contributed by atoms with Crippen molar-refractivity contribution in [1.82, 2.24) is 15.0 Å². The number of carbonyl (C=O) groups excluding carboxylic acids is 1. The van der Waals surface area contributed by atoms with Crippen molar-refractivity contribution in [2.24, 2.45) is 11.7 Å². The van der Waals surface area contributed by atoms with Crippen molar-refractivity contribution in [3.8, 4) is 0 Å². The van der Waals surface area contributed by atoms with Gasteiger partial charge in [0.15, 0.2) is 0 Å². The molecule has 1 rings (SSSR count). The van der Waals surface area contributed by atoms with Crippen molar-refractivity contribution in [3.63, 3.8) is 0 Å². The summed E-state index contributed by atoms with van der Waals surface area (Å²) in [7, 11) is 1.64. The molecular formula is C11H20N4O2. The number of hydrogen-bond donors (Lipinski definition) is 1. The quantitative estimate of drug-likeness (QED) is 0.735. The van der Waals surface area contributed by atoms with E-state index < -0.39 is 0 Å². The van der Waals surface area contributed by atoms with Gasteiger partial charge >= 0.3 is 0 Å². The molecule has 0 aliphatic carbocycles. The summed E-state index contributed by atoms with van der Waals surface area (Å²) in [4.78, 5) is 10.9. The molecular weight excluding hydrogens is 220 g/mol. The van der Waals surface area contributed by atoms with Gasteiger partial charge in [0.1, 0.15) is 0 Å². The van der Waals surface area contributed by atoms with Crippen molar-refractivity contribution in [2.45, 2.75) is 33.2 Å². The van der Waals surface area contributed by atoms with Gasteiger partial charge in [-0.3, -0.25) is 4.79 Å². The lowest BCUT2D eigenvalue weighted by Crippen LogP contribution is -2.17. The van der Waals surface area contributed by atoms with Crippen LogP contribution in [0.15, 0.2) is 0 Å². The Hall–Kier alpha value is -1.43. The number of aromatic nitrogens is 3. The molecule has 0 saturated carbocycles. The molecule has 0 aliphatic heterocycles. The highest BCUT2D eigenvalue weighted by molar-refractivity contribution is 5.76. The lowest BCUT2D eigenvalue weighted by Gasteiger charge is -2.09. The molecule has 1 aromatic rings. The fourth-order valence-electron chi connectivity index (χ4n) is 1.64. The third-order valence-corrected chi connectivity index (χ3v) is 2.34. The molecule has 0 saturated heterocycles. The number of methoxy groups -OCH3 is 1. The van der Waals surface area contributed by atoms with Crippen molar-refractivity contribution in [1.29, 1.82) is 0 Å². The van der Waals surface area contributed by atoms with E-state index in [0.29, 0.717) is 24.6 Å². The minimum atomic E-state index is -0.389. The van der Waals surface area contributed by atoms with Crippen LogP contribution in [0.25, 0.3) is 0 Å². The third kappa shape index (κ3) is 4.14. The molecule has 1 heterocycles. The van der Waals surface area contributed by atoms with Crippen molar-refractivity contribution in [2.75, 3.05) is 13.7 Å². The third-order valence-electron chi connectivity index (χ3n) is 2.34. The van der Waals surface area contributed by atoms with Crippen LogP contribution >= 0.6 is 0 Å². The van der Waals surface area contributed by atoms with Crippen LogP contribution in [0.2, 0.25) is 0 Å². The average molecular weight is 240 g/mol. The van der Waals surface area contributed by atoms with Gasteiger partial charge in [0, 0.05) is 20.1 Å². The van der Waals surface area contributed by atoms with Gasteiger partial charge in [0.2, 0.25) is 5.91 Å². The number of nitrogens with zero attached hydrogens (tertiary/aromatic N) is 3. The molecule has 0 aliphatic rings. The second-order valence-corrected chi connectivity index (χ2v) is 4.44. The number of primary amides is 1. The van der Waals surface area contributed by atoms with E-state index in [1.54, 1.807) is 7.11 Å². The number of nitrogens with two attached hydrogens (primary N) is 1. The van der Waals surface area contributed by atoms with Crippen LogP contribution in [-0.2, 0) is 28.9 Å². The largest absolute Gasteiger partial charge is 0.384 e. The lowest BCUT2D eigenvalue weighted by atomic mass is 10.1. The first-order valence-corrected chi connectivity index (χ1v) is 5.73. The second kappa shape index (κ2) is 6.34. The summed E-state index contributed by atoms with van der Waals surface area (Å²) >= 11 is 0. The molecule has 0 atom stereocenters. The fourth-order valence-corrected chi connectivity index (χ4v) is 1.64. The smallest absolute Gasteiger partial charge is 0.223 e. The van der Waals surface area contributed by atoms with Crippen LogP contribution in [-0.4, -0.2) is 34.6 Å². The molecule has 0 fully saturated rings. The Morgan fingerprint density at radius 3 is 2.76 bits per heavy atom. The van der Waals surface area contributed by atoms with Crippen molar-refractivity contribution < 1.29 is 9.53 Å². The molecule has 96 valence electrons. The summed E-state index contributed by atoms with van der Waals surface area (Å²) in [6.45, 7) is 5.58. The first kappa shape index (κ1) is 13.6. The van der Waals surface area contributed by atoms with Crippen LogP contribution in [0, 0.1) is 5.92 Å². The van der Waals surface area contributed by atoms with Gasteiger partial charge < -0.3 is 10.5 Å². The minimum absolute atomic E-state index is 0.136. The fraction of sp³-hybridized carbons (Fsp3) is 0.727. The van der Waals surface area contributed by atoms with Crippen LogP contribution in [0.3, 0.4) is 0 Å². The zero-order chi connectivity index (χ0) is 12.8. The number of amides is 1. The maximum Gasteiger partial charge on any atom is 0.223 e. The Morgan fingerprint density at radius 1 is 1.53 bits per heavy atom. The van der Waals surface area contributed by atoms with Crippen molar-refractivity contribution in [3.05, 3.63) is 11.4 Å². The molecule has 0 unspecified atom stereocenters. The van der Waals surface area contributed by atoms with E-state index in [2.05, 4.69) is 24.2 Å². The normalized spacial score (nSPS) is 11.1. The number of carbonyl (C=O) groups is 1. The Labute approximate surface area is 101 Å². The van der Waals surface area contributed by atoms with Gasteiger partial charge in [-0.1, -0.05) is 19.1 Å². The van der Waals surface area contributed by atoms with Gasteiger partial charge in [0.05, 0.1) is 24.4 Å². The van der Waals surface area contributed by atoms with E-state index in [1.165, 1.54) is 0 Å². The molecule has 17 heavy (non-hydrogen) atoms. The first-order valence-electron chi connectivity index (χ1n) is 5.73. The van der Waals surface area contributed by atoms with E-state index in [4.69, 9.17) is 10.5 Å². The van der Waals surface area contributed by atoms with E-state index in [1.807, 2.05) is 4.68 Å². The summed E-state index contributed by atoms with van der Waals surface area (Å²) in [5, 5.41) is 8.08. The summed E-state index contributed by atoms with van der Waals surface area (Å²) in [6, 6.07) is 0. The van der Waals surface area contributed by atoms with Gasteiger partial charge in [-0.2, -0.15) is 0 Å². The topological polar surface area (TPSA) is 83.0 Å². The summed E-state index contributed by atoms with van der Waals surface area (Å²) in [5.74, 6) is 0.0830. The summed E-state index contributed by atoms with van der Waals surface area (Å²) in [5.41, 5.74) is 6.79. The SMILES string of the molecule is COCCc1c(CC(N)=O)nnn1CC(C)C. The molecule has 1 aromatic heterocycles. The predicted molar refractivity (Wildman–Crippen MR) is 63.3 cm³/mol. The second-order valence-electron chi connectivity index (χ2n) is 4.44. The average Bonchev–Trinajstić information content (AvgIpc) is 2.56. The standard InChI is InChI=1S/C11H20N4O2/c1-8(2)7-15-10(4-5-17-3)9(13-14-15)6-11(12)16/h8H,4-7H2,1-3H3,(H2,12,16). The van der Waals surface area contributed by atoms with Crippen molar-refractivity contribution >= 4 is 5.91 Å². The Kier molecular flexibility index (Phi) is 5.09. The molecule has 0 aromatic carbocycles. The van der Waals surface area contributed by atoms with Gasteiger partial charge in [0.25, 0.3) is 0 Å². The molecule has 1 amide bonds. The Bertz CT molecular complexity index is 374. The maximum absolute atomic E-state index is 10.9. The highest BCUT2D eigenvalue weighted by atomic mass is 16.5. The molecule has 2 N–H and O–H groups in total. The number of rotatable bonds is 7. The van der Waals surface area contributed by atoms with E-state index in [-0.39, 0.29) is 12.3 Å². The van der Waals surface area contributed by atoms with Gasteiger partial charge in [-0.25, -0.2) is 4.68 Å². The lowest BCUT2D eigenvalue weighted by molar-refractivity contribution is -0.117. The molecule has 0 bridgehead atoms.